The van der Waals surface area contributed by atoms with Gasteiger partial charge in [0, 0.05) is 36.6 Å². The zero-order valence-corrected chi connectivity index (χ0v) is 20.4. The number of nitrogens with zero attached hydrogens (tertiary/aromatic N) is 3. The molecule has 2 aliphatic heterocycles. The lowest BCUT2D eigenvalue weighted by Crippen LogP contribution is -2.25. The second kappa shape index (κ2) is 10.4. The lowest BCUT2D eigenvalue weighted by atomic mass is 9.86. The Morgan fingerprint density at radius 2 is 1.97 bits per heavy atom. The van der Waals surface area contributed by atoms with E-state index in [0.29, 0.717) is 13.0 Å². The van der Waals surface area contributed by atoms with Gasteiger partial charge in [0.15, 0.2) is 11.7 Å². The van der Waals surface area contributed by atoms with Crippen LogP contribution >= 0.6 is 0 Å². The number of nitrogens with one attached hydrogen (secondary N) is 3. The number of amides is 1. The fourth-order valence-electron chi connectivity index (χ4n) is 5.33. The third-order valence-electron chi connectivity index (χ3n) is 7.35. The summed E-state index contributed by atoms with van der Waals surface area (Å²) in [5.41, 5.74) is 3.82. The largest absolute Gasteiger partial charge is 0.352 e. The van der Waals surface area contributed by atoms with Crippen LogP contribution in [0.25, 0.3) is 0 Å². The smallest absolute Gasteiger partial charge is 0.220 e. The van der Waals surface area contributed by atoms with E-state index in [4.69, 9.17) is 5.41 Å². The van der Waals surface area contributed by atoms with Crippen LogP contribution in [0.15, 0.2) is 59.0 Å². The van der Waals surface area contributed by atoms with Crippen molar-refractivity contribution in [1.29, 1.82) is 5.41 Å². The van der Waals surface area contributed by atoms with Crippen molar-refractivity contribution in [2.75, 3.05) is 10.2 Å². The third kappa shape index (κ3) is 5.14. The topological polar surface area (TPSA) is 93.5 Å². The van der Waals surface area contributed by atoms with Crippen LogP contribution in [0, 0.1) is 17.2 Å². The zero-order valence-electron chi connectivity index (χ0n) is 20.4. The van der Waals surface area contributed by atoms with Crippen molar-refractivity contribution >= 4 is 35.2 Å². The molecular formula is C28H34N6O. The molecule has 1 aromatic carbocycles. The first kappa shape index (κ1) is 23.3. The molecule has 7 nitrogen and oxygen atoms in total. The maximum absolute atomic E-state index is 12.4. The number of fused-ring (bicyclic) bond motifs is 1. The lowest BCUT2D eigenvalue weighted by molar-refractivity contribution is -0.121. The van der Waals surface area contributed by atoms with Crippen LogP contribution in [-0.4, -0.2) is 22.9 Å². The summed E-state index contributed by atoms with van der Waals surface area (Å²) in [6.07, 6.45) is 12.6. The van der Waals surface area contributed by atoms with Crippen LogP contribution in [0.2, 0.25) is 0 Å². The highest BCUT2D eigenvalue weighted by Crippen LogP contribution is 2.42. The summed E-state index contributed by atoms with van der Waals surface area (Å²) in [6.45, 7) is 2.65. The van der Waals surface area contributed by atoms with Gasteiger partial charge < -0.3 is 10.6 Å². The first-order chi connectivity index (χ1) is 17.1. The van der Waals surface area contributed by atoms with Crippen molar-refractivity contribution in [2.45, 2.75) is 64.8 Å². The third-order valence-corrected chi connectivity index (χ3v) is 7.35. The molecule has 0 saturated heterocycles. The molecule has 3 heterocycles. The molecule has 3 aliphatic rings. The number of pyridine rings is 1. The van der Waals surface area contributed by atoms with Crippen molar-refractivity contribution in [3.05, 3.63) is 59.6 Å². The molecule has 1 aromatic heterocycles. The highest BCUT2D eigenvalue weighted by Gasteiger charge is 2.33. The monoisotopic (exact) mass is 470 g/mol. The van der Waals surface area contributed by atoms with E-state index in [1.807, 2.05) is 30.5 Å². The Labute approximate surface area is 207 Å². The quantitative estimate of drug-likeness (QED) is 0.488. The number of hydrogen-bond acceptors (Lipinski definition) is 5. The molecule has 7 heteroatoms. The van der Waals surface area contributed by atoms with Gasteiger partial charge in [-0.3, -0.25) is 15.1 Å². The van der Waals surface area contributed by atoms with E-state index in [1.165, 1.54) is 32.1 Å². The number of rotatable bonds is 6. The minimum atomic E-state index is 0.138. The molecule has 1 amide bonds. The van der Waals surface area contributed by atoms with E-state index < -0.39 is 0 Å². The van der Waals surface area contributed by atoms with Gasteiger partial charge >= 0.3 is 0 Å². The SMILES string of the molecule is CC1CC=NC(=N)C1=C1Nc2cccnc2N1c1ccc(CNC(=O)CCC2CCCCC2)cc1. The predicted octanol–water partition coefficient (Wildman–Crippen LogP) is 5.92. The Bertz CT molecular complexity index is 1150. The van der Waals surface area contributed by atoms with E-state index >= 15 is 0 Å². The number of benzene rings is 1. The molecule has 0 radical (unpaired) electrons. The Morgan fingerprint density at radius 3 is 2.74 bits per heavy atom. The summed E-state index contributed by atoms with van der Waals surface area (Å²) in [5.74, 6) is 2.99. The minimum Gasteiger partial charge on any atom is -0.352 e. The van der Waals surface area contributed by atoms with Crippen LogP contribution in [-0.2, 0) is 11.3 Å². The molecule has 1 atom stereocenters. The van der Waals surface area contributed by atoms with Crippen molar-refractivity contribution in [3.8, 4) is 0 Å². The highest BCUT2D eigenvalue weighted by atomic mass is 16.1. The van der Waals surface area contributed by atoms with Crippen LogP contribution in [0.1, 0.15) is 63.9 Å². The van der Waals surface area contributed by atoms with Crippen molar-refractivity contribution < 1.29 is 4.79 Å². The molecule has 1 fully saturated rings. The van der Waals surface area contributed by atoms with Gasteiger partial charge in [-0.15, -0.1) is 0 Å². The molecular weight excluding hydrogens is 436 g/mol. The molecule has 3 N–H and O–H groups in total. The number of aliphatic imine (C=N–C) groups is 1. The van der Waals surface area contributed by atoms with Crippen LogP contribution in [0.3, 0.4) is 0 Å². The number of amidine groups is 1. The number of carbonyl (C=O) groups is 1. The van der Waals surface area contributed by atoms with Crippen molar-refractivity contribution in [2.24, 2.45) is 16.8 Å². The standard InChI is InChI=1S/C28H34N6O/c1-19-15-17-30-26(29)25(19)28-33-23-8-5-16-31-27(23)34(28)22-12-9-21(10-13-22)18-32-24(35)14-11-20-6-3-2-4-7-20/h5,8-10,12-13,16-17,19-20,29,33H,2-4,6-7,11,14-15,18H2,1H3,(H,32,35). The fourth-order valence-corrected chi connectivity index (χ4v) is 5.33. The molecule has 1 aliphatic carbocycles. The average Bonchev–Trinajstić information content (AvgIpc) is 3.26. The fraction of sp³-hybridized carbons (Fsp3) is 0.429. The summed E-state index contributed by atoms with van der Waals surface area (Å²) in [6, 6.07) is 12.1. The van der Waals surface area contributed by atoms with Crippen LogP contribution < -0.4 is 15.5 Å². The maximum Gasteiger partial charge on any atom is 0.220 e. The molecule has 0 bridgehead atoms. The number of anilines is 3. The molecule has 1 unspecified atom stereocenters. The van der Waals surface area contributed by atoms with Gasteiger partial charge in [0.05, 0.1) is 5.69 Å². The molecule has 35 heavy (non-hydrogen) atoms. The summed E-state index contributed by atoms with van der Waals surface area (Å²) < 4.78 is 0. The van der Waals surface area contributed by atoms with Gasteiger partial charge in [-0.2, -0.15) is 0 Å². The van der Waals surface area contributed by atoms with Gasteiger partial charge in [-0.25, -0.2) is 9.98 Å². The average molecular weight is 471 g/mol. The van der Waals surface area contributed by atoms with Crippen molar-refractivity contribution in [1.82, 2.24) is 10.3 Å². The van der Waals surface area contributed by atoms with Gasteiger partial charge in [-0.05, 0) is 54.5 Å². The summed E-state index contributed by atoms with van der Waals surface area (Å²) in [7, 11) is 0. The predicted molar refractivity (Wildman–Crippen MR) is 141 cm³/mol. The normalized spacial score (nSPS) is 22.1. The Hall–Kier alpha value is -3.48. The number of aromatic nitrogens is 1. The molecule has 182 valence electrons. The van der Waals surface area contributed by atoms with Gasteiger partial charge in [0.1, 0.15) is 5.82 Å². The summed E-state index contributed by atoms with van der Waals surface area (Å²) in [4.78, 5) is 23.3. The molecule has 1 saturated carbocycles. The van der Waals surface area contributed by atoms with E-state index in [0.717, 1.165) is 52.9 Å². The summed E-state index contributed by atoms with van der Waals surface area (Å²) in [5, 5.41) is 15.0. The van der Waals surface area contributed by atoms with Gasteiger partial charge in [-0.1, -0.05) is 51.2 Å². The Balaban J connectivity index is 1.29. The number of carbonyl (C=O) groups excluding carboxylic acids is 1. The first-order valence-corrected chi connectivity index (χ1v) is 12.8. The van der Waals surface area contributed by atoms with E-state index in [9.17, 15) is 4.79 Å². The first-order valence-electron chi connectivity index (χ1n) is 12.8. The van der Waals surface area contributed by atoms with Crippen molar-refractivity contribution in [3.63, 3.8) is 0 Å². The molecule has 2 aromatic rings. The number of hydrogen-bond donors (Lipinski definition) is 3. The molecule has 0 spiro atoms. The Kier molecular flexibility index (Phi) is 6.93. The highest BCUT2D eigenvalue weighted by molar-refractivity contribution is 6.05. The minimum absolute atomic E-state index is 0.138. The van der Waals surface area contributed by atoms with E-state index in [-0.39, 0.29) is 17.7 Å². The Morgan fingerprint density at radius 1 is 1.17 bits per heavy atom. The van der Waals surface area contributed by atoms with Gasteiger partial charge in [0.25, 0.3) is 0 Å². The van der Waals surface area contributed by atoms with E-state index in [2.05, 4.69) is 44.6 Å². The second-order valence-electron chi connectivity index (χ2n) is 9.88. The van der Waals surface area contributed by atoms with Crippen LogP contribution in [0.5, 0.6) is 0 Å². The lowest BCUT2D eigenvalue weighted by Gasteiger charge is -2.26. The second-order valence-corrected chi connectivity index (χ2v) is 9.88. The van der Waals surface area contributed by atoms with Crippen LogP contribution in [0.4, 0.5) is 17.2 Å². The van der Waals surface area contributed by atoms with E-state index in [1.54, 1.807) is 6.20 Å². The van der Waals surface area contributed by atoms with Gasteiger partial charge in [0.2, 0.25) is 5.91 Å². The maximum atomic E-state index is 12.4. The zero-order chi connectivity index (χ0) is 24.2. The molecule has 5 rings (SSSR count). The summed E-state index contributed by atoms with van der Waals surface area (Å²) >= 11 is 0.